The molecule has 0 saturated carbocycles. The maximum atomic E-state index is 11.9. The molecule has 0 atom stereocenters. The van der Waals surface area contributed by atoms with E-state index in [1.807, 2.05) is 14.0 Å². The van der Waals surface area contributed by atoms with Gasteiger partial charge in [0.1, 0.15) is 0 Å². The maximum Gasteiger partial charge on any atom is 0.345 e. The van der Waals surface area contributed by atoms with Crippen molar-refractivity contribution in [1.82, 2.24) is 24.9 Å². The summed E-state index contributed by atoms with van der Waals surface area (Å²) < 4.78 is 2.80. The van der Waals surface area contributed by atoms with Crippen molar-refractivity contribution in [3.63, 3.8) is 0 Å². The largest absolute Gasteiger partial charge is 0.358 e. The number of hydrogen-bond acceptors (Lipinski definition) is 5. The summed E-state index contributed by atoms with van der Waals surface area (Å²) in [4.78, 5) is 22.2. The van der Waals surface area contributed by atoms with Crippen molar-refractivity contribution in [1.29, 1.82) is 0 Å². The lowest BCUT2D eigenvalue weighted by Crippen LogP contribution is -2.28. The molecule has 0 aliphatic rings. The van der Waals surface area contributed by atoms with Gasteiger partial charge in [-0.05, 0) is 18.8 Å². The zero-order valence-electron chi connectivity index (χ0n) is 12.0. The van der Waals surface area contributed by atoms with Crippen molar-refractivity contribution < 1.29 is 9.72 Å². The number of amides is 1. The van der Waals surface area contributed by atoms with E-state index < -0.39 is 4.92 Å². The molecule has 0 bridgehead atoms. The first-order valence-corrected chi connectivity index (χ1v) is 6.31. The fraction of sp³-hybridized carbons (Fsp3) is 0.417. The van der Waals surface area contributed by atoms with Gasteiger partial charge in [0, 0.05) is 24.8 Å². The quantitative estimate of drug-likeness (QED) is 0.636. The number of carbonyl (C=O) groups excluding carboxylic acids is 1. The van der Waals surface area contributed by atoms with Crippen LogP contribution in [-0.4, -0.2) is 30.4 Å². The number of rotatable bonds is 5. The zero-order valence-corrected chi connectivity index (χ0v) is 12.0. The molecule has 2 heterocycles. The molecule has 0 unspecified atom stereocenters. The lowest BCUT2D eigenvalue weighted by molar-refractivity contribution is -0.392. The normalized spacial score (nSPS) is 10.6. The van der Waals surface area contributed by atoms with E-state index in [1.165, 1.54) is 6.07 Å². The third kappa shape index (κ3) is 3.25. The standard InChI is InChI=1S/C12H16N6O3/c1-8-4-12(18(20)21)17(15-8)7-11(19)13-5-10-6-14-16(3)9(10)2/h4,6H,5,7H2,1-3H3,(H,13,19). The van der Waals surface area contributed by atoms with Gasteiger partial charge in [0.25, 0.3) is 5.91 Å². The van der Waals surface area contributed by atoms with Gasteiger partial charge in [-0.3, -0.25) is 9.48 Å². The smallest absolute Gasteiger partial charge is 0.345 e. The Morgan fingerprint density at radius 3 is 2.76 bits per heavy atom. The molecule has 112 valence electrons. The van der Waals surface area contributed by atoms with E-state index in [-0.39, 0.29) is 18.3 Å². The number of nitro groups is 1. The van der Waals surface area contributed by atoms with Crippen LogP contribution in [-0.2, 0) is 24.9 Å². The minimum Gasteiger partial charge on any atom is -0.358 e. The van der Waals surface area contributed by atoms with Crippen LogP contribution in [0.1, 0.15) is 17.0 Å². The molecule has 0 aromatic carbocycles. The fourth-order valence-corrected chi connectivity index (χ4v) is 1.90. The molecule has 0 spiro atoms. The van der Waals surface area contributed by atoms with Gasteiger partial charge in [0.2, 0.25) is 0 Å². The fourth-order valence-electron chi connectivity index (χ4n) is 1.90. The van der Waals surface area contributed by atoms with Gasteiger partial charge in [-0.2, -0.15) is 5.10 Å². The number of hydrogen-bond donors (Lipinski definition) is 1. The van der Waals surface area contributed by atoms with Gasteiger partial charge >= 0.3 is 5.82 Å². The molecule has 21 heavy (non-hydrogen) atoms. The lowest BCUT2D eigenvalue weighted by Gasteiger charge is -2.04. The Kier molecular flexibility index (Phi) is 4.01. The van der Waals surface area contributed by atoms with E-state index in [2.05, 4.69) is 15.5 Å². The Morgan fingerprint density at radius 2 is 2.19 bits per heavy atom. The van der Waals surface area contributed by atoms with Crippen LogP contribution in [0.4, 0.5) is 5.82 Å². The molecule has 1 N–H and O–H groups in total. The van der Waals surface area contributed by atoms with E-state index in [0.717, 1.165) is 15.9 Å². The van der Waals surface area contributed by atoms with Gasteiger partial charge < -0.3 is 15.4 Å². The average molecular weight is 292 g/mol. The third-order valence-electron chi connectivity index (χ3n) is 3.17. The minimum absolute atomic E-state index is 0.191. The van der Waals surface area contributed by atoms with Gasteiger partial charge in [0.05, 0.1) is 18.0 Å². The van der Waals surface area contributed by atoms with E-state index in [4.69, 9.17) is 0 Å². The van der Waals surface area contributed by atoms with E-state index >= 15 is 0 Å². The molecule has 0 radical (unpaired) electrons. The summed E-state index contributed by atoms with van der Waals surface area (Å²) in [6.07, 6.45) is 1.68. The van der Waals surface area contributed by atoms with Gasteiger partial charge in [-0.1, -0.05) is 5.10 Å². The zero-order chi connectivity index (χ0) is 15.6. The number of nitrogens with zero attached hydrogens (tertiary/aromatic N) is 5. The molecular weight excluding hydrogens is 276 g/mol. The molecule has 1 amide bonds. The lowest BCUT2D eigenvalue weighted by atomic mass is 10.2. The third-order valence-corrected chi connectivity index (χ3v) is 3.17. The van der Waals surface area contributed by atoms with Gasteiger partial charge in [-0.25, -0.2) is 0 Å². The highest BCUT2D eigenvalue weighted by atomic mass is 16.6. The van der Waals surface area contributed by atoms with Crippen LogP contribution in [0.2, 0.25) is 0 Å². The van der Waals surface area contributed by atoms with Crippen LogP contribution in [0.5, 0.6) is 0 Å². The van der Waals surface area contributed by atoms with E-state index in [0.29, 0.717) is 12.2 Å². The van der Waals surface area contributed by atoms with E-state index in [1.54, 1.807) is 17.8 Å². The average Bonchev–Trinajstić information content (AvgIpc) is 2.92. The van der Waals surface area contributed by atoms with Crippen molar-refractivity contribution in [2.75, 3.05) is 0 Å². The summed E-state index contributed by atoms with van der Waals surface area (Å²) in [5.41, 5.74) is 2.35. The number of aryl methyl sites for hydroxylation is 2. The summed E-state index contributed by atoms with van der Waals surface area (Å²) >= 11 is 0. The van der Waals surface area contributed by atoms with Gasteiger partial charge in [0.15, 0.2) is 6.54 Å². The monoisotopic (exact) mass is 292 g/mol. The first-order valence-electron chi connectivity index (χ1n) is 6.31. The van der Waals surface area contributed by atoms with Crippen molar-refractivity contribution in [3.05, 3.63) is 39.3 Å². The summed E-state index contributed by atoms with van der Waals surface area (Å²) in [6.45, 7) is 3.67. The molecule has 9 heteroatoms. The molecule has 9 nitrogen and oxygen atoms in total. The highest BCUT2D eigenvalue weighted by Crippen LogP contribution is 2.12. The topological polar surface area (TPSA) is 108 Å². The number of aromatic nitrogens is 4. The Labute approximate surface area is 120 Å². The van der Waals surface area contributed by atoms with Crippen LogP contribution in [0.3, 0.4) is 0 Å². The summed E-state index contributed by atoms with van der Waals surface area (Å²) in [6, 6.07) is 1.33. The van der Waals surface area contributed by atoms with E-state index in [9.17, 15) is 14.9 Å². The second kappa shape index (κ2) is 5.73. The minimum atomic E-state index is -0.557. The summed E-state index contributed by atoms with van der Waals surface area (Å²) in [5.74, 6) is -0.537. The molecule has 0 aliphatic carbocycles. The number of nitrogens with one attached hydrogen (secondary N) is 1. The SMILES string of the molecule is Cc1cc([N+](=O)[O-])n(CC(=O)NCc2cnn(C)c2C)n1. The van der Waals surface area contributed by atoms with Crippen molar-refractivity contribution in [2.24, 2.45) is 7.05 Å². The highest BCUT2D eigenvalue weighted by Gasteiger charge is 2.19. The van der Waals surface area contributed by atoms with Crippen molar-refractivity contribution >= 4 is 11.7 Å². The van der Waals surface area contributed by atoms with Crippen LogP contribution < -0.4 is 5.32 Å². The van der Waals surface area contributed by atoms with Crippen molar-refractivity contribution in [3.8, 4) is 0 Å². The Bertz CT molecular complexity index is 687. The summed E-state index contributed by atoms with van der Waals surface area (Å²) in [7, 11) is 1.82. The van der Waals surface area contributed by atoms with Gasteiger partial charge in [-0.15, -0.1) is 4.68 Å². The first-order chi connectivity index (χ1) is 9.88. The second-order valence-electron chi connectivity index (χ2n) is 4.71. The highest BCUT2D eigenvalue weighted by molar-refractivity contribution is 5.75. The Balaban J connectivity index is 1.99. The Hall–Kier alpha value is -2.71. The molecule has 0 saturated heterocycles. The van der Waals surface area contributed by atoms with Crippen LogP contribution in [0, 0.1) is 24.0 Å². The predicted molar refractivity (Wildman–Crippen MR) is 73.4 cm³/mol. The molecule has 2 aromatic heterocycles. The van der Waals surface area contributed by atoms with Crippen LogP contribution >= 0.6 is 0 Å². The molecular formula is C12H16N6O3. The molecule has 2 rings (SSSR count). The van der Waals surface area contributed by atoms with Crippen LogP contribution in [0.25, 0.3) is 0 Å². The molecule has 0 aliphatic heterocycles. The molecule has 0 fully saturated rings. The summed E-state index contributed by atoms with van der Waals surface area (Å²) in [5, 5.41) is 21.6. The number of carbonyl (C=O) groups is 1. The Morgan fingerprint density at radius 1 is 1.48 bits per heavy atom. The second-order valence-corrected chi connectivity index (χ2v) is 4.71. The van der Waals surface area contributed by atoms with Crippen LogP contribution in [0.15, 0.2) is 12.3 Å². The maximum absolute atomic E-state index is 11.9. The molecule has 2 aromatic rings. The van der Waals surface area contributed by atoms with Crippen molar-refractivity contribution in [2.45, 2.75) is 26.9 Å². The first kappa shape index (κ1) is 14.7. The predicted octanol–water partition coefficient (Wildman–Crippen LogP) is 0.458.